The Balaban J connectivity index is 1.26. The van der Waals surface area contributed by atoms with Crippen LogP contribution in [0.4, 0.5) is 21.9 Å². The molecular weight excluding hydrogens is 550 g/mol. The first-order valence-corrected chi connectivity index (χ1v) is 14.5. The second kappa shape index (κ2) is 11.7. The number of hydrogen-bond donors (Lipinski definition) is 3. The number of anilines is 3. The third kappa shape index (κ3) is 6.04. The molecule has 6 rings (SSSR count). The van der Waals surface area contributed by atoms with Crippen LogP contribution in [-0.4, -0.2) is 29.6 Å². The number of urea groups is 1. The predicted octanol–water partition coefficient (Wildman–Crippen LogP) is 6.01. The Bertz CT molecular complexity index is 1680. The van der Waals surface area contributed by atoms with Gasteiger partial charge < -0.3 is 25.4 Å². The summed E-state index contributed by atoms with van der Waals surface area (Å²) >= 11 is 5.99. The second-order valence-electron chi connectivity index (χ2n) is 11.1. The Morgan fingerprint density at radius 3 is 2.48 bits per heavy atom. The molecule has 0 aliphatic carbocycles. The van der Waals surface area contributed by atoms with Crippen LogP contribution >= 0.6 is 11.6 Å². The lowest BCUT2D eigenvalue weighted by atomic mass is 9.83. The molecule has 42 heavy (non-hydrogen) atoms. The molecule has 0 radical (unpaired) electrons. The molecule has 2 aliphatic rings. The molecule has 1 fully saturated rings. The molecular formula is C33H32ClN5O3. The van der Waals surface area contributed by atoms with Gasteiger partial charge in [-0.15, -0.1) is 0 Å². The number of amides is 3. The van der Waals surface area contributed by atoms with Crippen LogP contribution in [0.15, 0.2) is 89.7 Å². The highest BCUT2D eigenvalue weighted by molar-refractivity contribution is 6.30. The van der Waals surface area contributed by atoms with Crippen molar-refractivity contribution in [2.45, 2.75) is 32.4 Å². The summed E-state index contributed by atoms with van der Waals surface area (Å²) in [6.07, 6.45) is 1.01. The van der Waals surface area contributed by atoms with Gasteiger partial charge in [0.1, 0.15) is 0 Å². The van der Waals surface area contributed by atoms with Crippen LogP contribution in [-0.2, 0) is 13.1 Å². The summed E-state index contributed by atoms with van der Waals surface area (Å²) in [5.74, 6) is 0.260. The number of rotatable bonds is 6. The Kier molecular flexibility index (Phi) is 7.71. The fraction of sp³-hybridized carbons (Fsp3) is 0.242. The molecule has 1 aromatic heterocycles. The van der Waals surface area contributed by atoms with Crippen LogP contribution in [0.1, 0.15) is 39.5 Å². The summed E-state index contributed by atoms with van der Waals surface area (Å²) in [5.41, 5.74) is 5.66. The largest absolute Gasteiger partial charge is 0.369 e. The van der Waals surface area contributed by atoms with Crippen molar-refractivity contribution in [2.75, 3.05) is 28.6 Å². The van der Waals surface area contributed by atoms with Crippen molar-refractivity contribution >= 4 is 40.6 Å². The van der Waals surface area contributed by atoms with E-state index in [0.717, 1.165) is 35.5 Å². The fourth-order valence-electron chi connectivity index (χ4n) is 5.95. The number of aromatic nitrogens is 1. The highest BCUT2D eigenvalue weighted by Gasteiger charge is 2.35. The normalized spacial score (nSPS) is 17.2. The van der Waals surface area contributed by atoms with Gasteiger partial charge in [0.2, 0.25) is 0 Å². The molecule has 2 atom stereocenters. The van der Waals surface area contributed by atoms with Crippen LogP contribution in [0.5, 0.6) is 0 Å². The van der Waals surface area contributed by atoms with Gasteiger partial charge in [0.05, 0.1) is 11.4 Å². The van der Waals surface area contributed by atoms with Crippen molar-refractivity contribution in [1.82, 2.24) is 9.88 Å². The van der Waals surface area contributed by atoms with Gasteiger partial charge in [0, 0.05) is 60.1 Å². The Morgan fingerprint density at radius 1 is 0.905 bits per heavy atom. The maximum atomic E-state index is 13.2. The number of aryl methyl sites for hydroxylation is 1. The van der Waals surface area contributed by atoms with E-state index >= 15 is 0 Å². The molecule has 1 saturated heterocycles. The number of piperidine rings is 1. The number of nitrogens with zero attached hydrogens (tertiary/aromatic N) is 2. The van der Waals surface area contributed by atoms with Gasteiger partial charge in [-0.1, -0.05) is 47.5 Å². The van der Waals surface area contributed by atoms with Gasteiger partial charge >= 0.3 is 6.03 Å². The maximum Gasteiger partial charge on any atom is 0.323 e. The summed E-state index contributed by atoms with van der Waals surface area (Å²) in [4.78, 5) is 41.0. The standard InChI is InChI=1S/C33H32ClN5O3/c1-21-5-7-22(8-6-21)17-35-32(41)24-9-14-30(28(16-24)37-33(42)36-27-12-10-26(34)11-13-27)38-18-23-15-25(20-38)29-3-2-4-31(40)39(29)19-23/h2-14,16,23,25H,15,17-20H2,1H3,(H,35,41)(H2,36,37,42). The molecule has 2 unspecified atom stereocenters. The second-order valence-corrected chi connectivity index (χ2v) is 11.5. The van der Waals surface area contributed by atoms with E-state index in [4.69, 9.17) is 11.6 Å². The molecule has 3 heterocycles. The molecule has 0 spiro atoms. The SMILES string of the molecule is Cc1ccc(CNC(=O)c2ccc(N3CC4CC(C3)c3cccc(=O)n3C4)c(NC(=O)Nc3ccc(Cl)cc3)c2)cc1. The van der Waals surface area contributed by atoms with E-state index in [0.29, 0.717) is 47.5 Å². The zero-order valence-corrected chi connectivity index (χ0v) is 24.0. The molecule has 4 aromatic rings. The molecule has 2 aliphatic heterocycles. The fourth-order valence-corrected chi connectivity index (χ4v) is 6.08. The minimum absolute atomic E-state index is 0.0397. The van der Waals surface area contributed by atoms with Crippen LogP contribution < -0.4 is 26.4 Å². The lowest BCUT2D eigenvalue weighted by molar-refractivity contribution is 0.0951. The minimum atomic E-state index is -0.426. The van der Waals surface area contributed by atoms with Crippen molar-refractivity contribution in [2.24, 2.45) is 5.92 Å². The maximum absolute atomic E-state index is 13.2. The summed E-state index contributed by atoms with van der Waals surface area (Å²) in [6.45, 7) is 4.53. The Morgan fingerprint density at radius 2 is 1.69 bits per heavy atom. The van der Waals surface area contributed by atoms with E-state index in [1.165, 1.54) is 0 Å². The quantitative estimate of drug-likeness (QED) is 0.260. The number of carbonyl (C=O) groups excluding carboxylic acids is 2. The van der Waals surface area contributed by atoms with E-state index < -0.39 is 6.03 Å². The van der Waals surface area contributed by atoms with E-state index in [9.17, 15) is 14.4 Å². The smallest absolute Gasteiger partial charge is 0.323 e. The number of nitrogens with one attached hydrogen (secondary N) is 3. The number of benzene rings is 3. The third-order valence-electron chi connectivity index (χ3n) is 8.00. The highest BCUT2D eigenvalue weighted by atomic mass is 35.5. The Labute approximate surface area is 249 Å². The van der Waals surface area contributed by atoms with E-state index in [1.807, 2.05) is 54.0 Å². The van der Waals surface area contributed by atoms with Crippen LogP contribution in [0.3, 0.4) is 0 Å². The van der Waals surface area contributed by atoms with E-state index in [-0.39, 0.29) is 17.4 Å². The van der Waals surface area contributed by atoms with Crippen LogP contribution in [0, 0.1) is 12.8 Å². The molecule has 3 N–H and O–H groups in total. The zero-order chi connectivity index (χ0) is 29.2. The topological polar surface area (TPSA) is 95.5 Å². The molecule has 214 valence electrons. The number of carbonyl (C=O) groups is 2. The number of pyridine rings is 1. The van der Waals surface area contributed by atoms with Gasteiger partial charge in [-0.05, 0) is 73.4 Å². The third-order valence-corrected chi connectivity index (χ3v) is 8.26. The predicted molar refractivity (Wildman–Crippen MR) is 167 cm³/mol. The van der Waals surface area contributed by atoms with Crippen molar-refractivity contribution in [3.8, 4) is 0 Å². The molecule has 3 aromatic carbocycles. The monoisotopic (exact) mass is 581 g/mol. The number of halogens is 1. The van der Waals surface area contributed by atoms with Crippen LogP contribution in [0.2, 0.25) is 5.02 Å². The molecule has 9 heteroatoms. The number of fused-ring (bicyclic) bond motifs is 4. The van der Waals surface area contributed by atoms with Gasteiger partial charge in [0.15, 0.2) is 0 Å². The molecule has 8 nitrogen and oxygen atoms in total. The van der Waals surface area contributed by atoms with E-state index in [2.05, 4.69) is 20.9 Å². The molecule has 0 saturated carbocycles. The average Bonchev–Trinajstić information content (AvgIpc) is 2.98. The van der Waals surface area contributed by atoms with E-state index in [1.54, 1.807) is 42.5 Å². The first kappa shape index (κ1) is 27.6. The highest BCUT2D eigenvalue weighted by Crippen LogP contribution is 2.39. The Hall–Kier alpha value is -4.56. The lowest BCUT2D eigenvalue weighted by Gasteiger charge is -2.44. The number of hydrogen-bond acceptors (Lipinski definition) is 4. The average molecular weight is 582 g/mol. The van der Waals surface area contributed by atoms with Gasteiger partial charge in [0.25, 0.3) is 11.5 Å². The van der Waals surface area contributed by atoms with Crippen molar-refractivity contribution in [1.29, 1.82) is 0 Å². The summed E-state index contributed by atoms with van der Waals surface area (Å²) in [5, 5.41) is 9.38. The van der Waals surface area contributed by atoms with Crippen molar-refractivity contribution < 1.29 is 9.59 Å². The molecule has 2 bridgehead atoms. The van der Waals surface area contributed by atoms with Gasteiger partial charge in [-0.2, -0.15) is 0 Å². The lowest BCUT2D eigenvalue weighted by Crippen LogP contribution is -2.47. The molecule has 3 amide bonds. The first-order chi connectivity index (χ1) is 20.3. The minimum Gasteiger partial charge on any atom is -0.369 e. The van der Waals surface area contributed by atoms with Crippen molar-refractivity contribution in [3.05, 3.63) is 123 Å². The van der Waals surface area contributed by atoms with Gasteiger partial charge in [-0.3, -0.25) is 9.59 Å². The zero-order valence-electron chi connectivity index (χ0n) is 23.3. The summed E-state index contributed by atoms with van der Waals surface area (Å²) in [6, 6.07) is 25.3. The summed E-state index contributed by atoms with van der Waals surface area (Å²) < 4.78 is 1.90. The van der Waals surface area contributed by atoms with Crippen molar-refractivity contribution in [3.63, 3.8) is 0 Å². The van der Waals surface area contributed by atoms with Gasteiger partial charge in [-0.25, -0.2) is 4.79 Å². The summed E-state index contributed by atoms with van der Waals surface area (Å²) in [7, 11) is 0. The van der Waals surface area contributed by atoms with Crippen LogP contribution in [0.25, 0.3) is 0 Å². The first-order valence-electron chi connectivity index (χ1n) is 14.1.